The van der Waals surface area contributed by atoms with Gasteiger partial charge < -0.3 is 4.90 Å². The summed E-state index contributed by atoms with van der Waals surface area (Å²) in [5, 5.41) is 4.40. The van der Waals surface area contributed by atoms with Crippen molar-refractivity contribution in [3.8, 4) is 0 Å². The lowest BCUT2D eigenvalue weighted by molar-refractivity contribution is 0.598. The highest BCUT2D eigenvalue weighted by molar-refractivity contribution is 5.42. The minimum absolute atomic E-state index is 0.960. The standard InChI is InChI=1S/C10H17N3/c1-5-7-13-10(12(4)6-2)8-9(3)11-13/h6,8H,2,5,7H2,1,3-4H3. The van der Waals surface area contributed by atoms with Crippen molar-refractivity contribution in [1.82, 2.24) is 9.78 Å². The molecule has 0 saturated carbocycles. The minimum atomic E-state index is 0.960. The number of aryl methyl sites for hydroxylation is 2. The van der Waals surface area contributed by atoms with Gasteiger partial charge in [0.1, 0.15) is 5.82 Å². The van der Waals surface area contributed by atoms with E-state index < -0.39 is 0 Å². The molecular formula is C10H17N3. The molecule has 0 unspecified atom stereocenters. The van der Waals surface area contributed by atoms with Gasteiger partial charge in [-0.25, -0.2) is 4.68 Å². The molecular weight excluding hydrogens is 162 g/mol. The fraction of sp³-hybridized carbons (Fsp3) is 0.500. The summed E-state index contributed by atoms with van der Waals surface area (Å²) >= 11 is 0. The topological polar surface area (TPSA) is 21.1 Å². The molecule has 0 bridgehead atoms. The van der Waals surface area contributed by atoms with Gasteiger partial charge in [0.15, 0.2) is 0 Å². The van der Waals surface area contributed by atoms with Gasteiger partial charge in [-0.05, 0) is 19.5 Å². The van der Waals surface area contributed by atoms with Crippen molar-refractivity contribution >= 4 is 5.82 Å². The first-order chi connectivity index (χ1) is 6.19. The third-order valence-electron chi connectivity index (χ3n) is 1.95. The second kappa shape index (κ2) is 4.12. The first kappa shape index (κ1) is 9.84. The average molecular weight is 179 g/mol. The summed E-state index contributed by atoms with van der Waals surface area (Å²) in [6.07, 6.45) is 2.89. The summed E-state index contributed by atoms with van der Waals surface area (Å²) in [7, 11) is 1.98. The molecule has 1 rings (SSSR count). The third kappa shape index (κ3) is 2.11. The molecule has 1 aromatic rings. The maximum absolute atomic E-state index is 4.40. The number of hydrogen-bond donors (Lipinski definition) is 0. The lowest BCUT2D eigenvalue weighted by Crippen LogP contribution is -2.13. The highest BCUT2D eigenvalue weighted by Gasteiger charge is 2.06. The average Bonchev–Trinajstić information content (AvgIpc) is 2.46. The van der Waals surface area contributed by atoms with E-state index in [-0.39, 0.29) is 0 Å². The SMILES string of the molecule is C=CN(C)c1cc(C)nn1CCC. The van der Waals surface area contributed by atoms with E-state index in [4.69, 9.17) is 0 Å². The van der Waals surface area contributed by atoms with Crippen LogP contribution in [0.5, 0.6) is 0 Å². The molecule has 0 atom stereocenters. The van der Waals surface area contributed by atoms with Crippen LogP contribution in [0, 0.1) is 6.92 Å². The molecule has 0 aromatic carbocycles. The molecule has 0 fully saturated rings. The Morgan fingerprint density at radius 3 is 2.92 bits per heavy atom. The number of rotatable bonds is 4. The van der Waals surface area contributed by atoms with Crippen LogP contribution in [0.2, 0.25) is 0 Å². The second-order valence-electron chi connectivity index (χ2n) is 3.16. The maximum Gasteiger partial charge on any atom is 0.130 e. The molecule has 1 heterocycles. The monoisotopic (exact) mass is 179 g/mol. The third-order valence-corrected chi connectivity index (χ3v) is 1.95. The van der Waals surface area contributed by atoms with Crippen LogP contribution in [0.3, 0.4) is 0 Å². The fourth-order valence-electron chi connectivity index (χ4n) is 1.29. The van der Waals surface area contributed by atoms with Crippen molar-refractivity contribution in [2.45, 2.75) is 26.8 Å². The van der Waals surface area contributed by atoms with E-state index in [0.717, 1.165) is 24.5 Å². The highest BCUT2D eigenvalue weighted by atomic mass is 15.4. The lowest BCUT2D eigenvalue weighted by atomic mass is 10.4. The Morgan fingerprint density at radius 1 is 1.69 bits per heavy atom. The van der Waals surface area contributed by atoms with E-state index in [0.29, 0.717) is 0 Å². The Labute approximate surface area is 79.7 Å². The Bertz CT molecular complexity index is 288. The number of anilines is 1. The predicted molar refractivity (Wildman–Crippen MR) is 55.9 cm³/mol. The zero-order chi connectivity index (χ0) is 9.84. The molecule has 0 aliphatic carbocycles. The summed E-state index contributed by atoms with van der Waals surface area (Å²) in [5.74, 6) is 1.11. The van der Waals surface area contributed by atoms with Gasteiger partial charge in [-0.15, -0.1) is 0 Å². The van der Waals surface area contributed by atoms with Crippen molar-refractivity contribution < 1.29 is 0 Å². The second-order valence-corrected chi connectivity index (χ2v) is 3.16. The van der Waals surface area contributed by atoms with E-state index in [1.807, 2.05) is 23.6 Å². The van der Waals surface area contributed by atoms with E-state index in [9.17, 15) is 0 Å². The number of aromatic nitrogens is 2. The molecule has 1 aromatic heterocycles. The Morgan fingerprint density at radius 2 is 2.38 bits per heavy atom. The first-order valence-corrected chi connectivity index (χ1v) is 4.59. The normalized spacial score (nSPS) is 10.1. The zero-order valence-corrected chi connectivity index (χ0v) is 8.62. The minimum Gasteiger partial charge on any atom is -0.337 e. The van der Waals surface area contributed by atoms with E-state index in [1.165, 1.54) is 0 Å². The molecule has 72 valence electrons. The smallest absolute Gasteiger partial charge is 0.130 e. The van der Waals surface area contributed by atoms with Crippen LogP contribution < -0.4 is 4.90 Å². The molecule has 3 nitrogen and oxygen atoms in total. The van der Waals surface area contributed by atoms with Crippen LogP contribution in [-0.4, -0.2) is 16.8 Å². The van der Waals surface area contributed by atoms with Gasteiger partial charge in [0.25, 0.3) is 0 Å². The van der Waals surface area contributed by atoms with Gasteiger partial charge in [-0.1, -0.05) is 13.5 Å². The molecule has 0 radical (unpaired) electrons. The summed E-state index contributed by atoms with van der Waals surface area (Å²) in [6, 6.07) is 2.07. The van der Waals surface area contributed by atoms with Crippen LogP contribution in [-0.2, 0) is 6.54 Å². The van der Waals surface area contributed by atoms with Crippen molar-refractivity contribution in [2.24, 2.45) is 0 Å². The summed E-state index contributed by atoms with van der Waals surface area (Å²) in [6.45, 7) is 8.85. The van der Waals surface area contributed by atoms with Crippen LogP contribution in [0.25, 0.3) is 0 Å². The van der Waals surface area contributed by atoms with Crippen molar-refractivity contribution in [1.29, 1.82) is 0 Å². The quantitative estimate of drug-likeness (QED) is 0.706. The van der Waals surface area contributed by atoms with E-state index in [2.05, 4.69) is 24.7 Å². The molecule has 3 heteroatoms. The Balaban J connectivity index is 2.96. The molecule has 0 saturated heterocycles. The molecule has 13 heavy (non-hydrogen) atoms. The number of nitrogens with zero attached hydrogens (tertiary/aromatic N) is 3. The van der Waals surface area contributed by atoms with E-state index in [1.54, 1.807) is 6.20 Å². The van der Waals surface area contributed by atoms with Gasteiger partial charge in [0, 0.05) is 19.7 Å². The van der Waals surface area contributed by atoms with Crippen molar-refractivity contribution in [3.63, 3.8) is 0 Å². The van der Waals surface area contributed by atoms with Crippen LogP contribution in [0.15, 0.2) is 18.8 Å². The van der Waals surface area contributed by atoms with E-state index >= 15 is 0 Å². The van der Waals surface area contributed by atoms with Gasteiger partial charge in [-0.2, -0.15) is 5.10 Å². The fourth-order valence-corrected chi connectivity index (χ4v) is 1.29. The summed E-state index contributed by atoms with van der Waals surface area (Å²) < 4.78 is 2.01. The highest BCUT2D eigenvalue weighted by Crippen LogP contribution is 2.14. The molecule has 0 amide bonds. The molecule has 0 N–H and O–H groups in total. The first-order valence-electron chi connectivity index (χ1n) is 4.59. The maximum atomic E-state index is 4.40. The Hall–Kier alpha value is -1.25. The van der Waals surface area contributed by atoms with Gasteiger partial charge in [-0.3, -0.25) is 0 Å². The Kier molecular flexibility index (Phi) is 3.12. The number of hydrogen-bond acceptors (Lipinski definition) is 2. The zero-order valence-electron chi connectivity index (χ0n) is 8.62. The van der Waals surface area contributed by atoms with Crippen LogP contribution >= 0.6 is 0 Å². The van der Waals surface area contributed by atoms with Crippen molar-refractivity contribution in [3.05, 3.63) is 24.5 Å². The van der Waals surface area contributed by atoms with Crippen LogP contribution in [0.1, 0.15) is 19.0 Å². The van der Waals surface area contributed by atoms with Crippen LogP contribution in [0.4, 0.5) is 5.82 Å². The summed E-state index contributed by atoms with van der Waals surface area (Å²) in [4.78, 5) is 1.98. The van der Waals surface area contributed by atoms with Gasteiger partial charge in [0.05, 0.1) is 5.69 Å². The summed E-state index contributed by atoms with van der Waals surface area (Å²) in [5.41, 5.74) is 1.05. The van der Waals surface area contributed by atoms with Gasteiger partial charge >= 0.3 is 0 Å². The molecule has 0 aliphatic rings. The predicted octanol–water partition coefficient (Wildman–Crippen LogP) is 2.18. The largest absolute Gasteiger partial charge is 0.337 e. The molecule has 0 spiro atoms. The van der Waals surface area contributed by atoms with Gasteiger partial charge in [0.2, 0.25) is 0 Å². The van der Waals surface area contributed by atoms with Crippen molar-refractivity contribution in [2.75, 3.05) is 11.9 Å². The lowest BCUT2D eigenvalue weighted by Gasteiger charge is -2.14. The molecule has 0 aliphatic heterocycles.